The van der Waals surface area contributed by atoms with Crippen LogP contribution in [0.15, 0.2) is 137 Å². The van der Waals surface area contributed by atoms with E-state index in [2.05, 4.69) is 44.7 Å². The summed E-state index contributed by atoms with van der Waals surface area (Å²) in [7, 11) is 0. The standard InChI is InChI=1S/C11H6F2N.C11H7FNS.2C5H5NS.2Pt/c12-8-4-5-9(10(13)7-8)11-3-1-2-6-14-11;12-8-4-5-9(11(14)7-8)10-3-1-2-6-13-10;2*7-5-3-1-2-4-6-5;;/h1-4,6-7H;1-4,6-7,14H;2*1-4H,(H,6,7);;/q2*-1;;;2*+2/p-2. The molecule has 0 amide bonds. The second-order valence-electron chi connectivity index (χ2n) is 7.88. The maximum absolute atomic E-state index is 13.2. The predicted octanol–water partition coefficient (Wildman–Crippen LogP) is 7.77. The van der Waals surface area contributed by atoms with Gasteiger partial charge in [-0.2, -0.15) is 12.6 Å². The molecule has 4 heterocycles. The molecule has 2 aromatic carbocycles. The summed E-state index contributed by atoms with van der Waals surface area (Å²) in [5, 5.41) is 1.31. The Hall–Kier alpha value is -3.00. The molecule has 228 valence electrons. The van der Waals surface area contributed by atoms with E-state index in [0.717, 1.165) is 23.4 Å². The number of nitrogens with zero attached hydrogens (tertiary/aromatic N) is 4. The molecule has 0 saturated carbocycles. The van der Waals surface area contributed by atoms with Crippen LogP contribution >= 0.6 is 12.6 Å². The van der Waals surface area contributed by atoms with E-state index in [1.54, 1.807) is 55.1 Å². The molecule has 4 aromatic heterocycles. The zero-order valence-corrected chi connectivity index (χ0v) is 29.4. The van der Waals surface area contributed by atoms with Crippen LogP contribution in [0.2, 0.25) is 0 Å². The molecular formula is C32H21F3N4Pt2S3. The molecule has 4 nitrogen and oxygen atoms in total. The predicted molar refractivity (Wildman–Crippen MR) is 164 cm³/mol. The largest absolute Gasteiger partial charge is 2.00 e. The molecule has 0 aliphatic rings. The molecule has 0 fully saturated rings. The van der Waals surface area contributed by atoms with Crippen molar-refractivity contribution in [1.29, 1.82) is 0 Å². The number of thiol groups is 1. The third kappa shape index (κ3) is 14.2. The normalized spacial score (nSPS) is 9.18. The van der Waals surface area contributed by atoms with E-state index in [9.17, 15) is 13.2 Å². The Kier molecular flexibility index (Phi) is 19.2. The van der Waals surface area contributed by atoms with E-state index in [1.165, 1.54) is 12.1 Å². The van der Waals surface area contributed by atoms with Gasteiger partial charge in [-0.3, -0.25) is 23.1 Å². The number of pyridine rings is 4. The summed E-state index contributed by atoms with van der Waals surface area (Å²) in [6.45, 7) is 0. The number of halogens is 3. The molecule has 0 unspecified atom stereocenters. The molecule has 0 bridgehead atoms. The zero-order chi connectivity index (χ0) is 30.2. The van der Waals surface area contributed by atoms with Crippen molar-refractivity contribution >= 4 is 37.9 Å². The van der Waals surface area contributed by atoms with Gasteiger partial charge in [0.2, 0.25) is 0 Å². The number of hydrogen-bond donors (Lipinski definition) is 1. The van der Waals surface area contributed by atoms with E-state index < -0.39 is 11.6 Å². The Morgan fingerprint density at radius 3 is 1.30 bits per heavy atom. The molecule has 0 radical (unpaired) electrons. The van der Waals surface area contributed by atoms with Gasteiger partial charge in [-0.15, -0.1) is 29.8 Å². The van der Waals surface area contributed by atoms with Crippen LogP contribution in [0.1, 0.15) is 0 Å². The van der Waals surface area contributed by atoms with Crippen molar-refractivity contribution in [3.05, 3.63) is 151 Å². The van der Waals surface area contributed by atoms with Gasteiger partial charge in [-0.25, -0.2) is 0 Å². The number of aromatic nitrogens is 4. The van der Waals surface area contributed by atoms with Crippen molar-refractivity contribution in [3.8, 4) is 22.5 Å². The van der Waals surface area contributed by atoms with Crippen LogP contribution in [0.3, 0.4) is 0 Å². The molecule has 6 aromatic rings. The van der Waals surface area contributed by atoms with Crippen molar-refractivity contribution < 1.29 is 55.3 Å². The van der Waals surface area contributed by atoms with Crippen LogP contribution < -0.4 is 0 Å². The van der Waals surface area contributed by atoms with Crippen LogP contribution in [0, 0.1) is 29.6 Å². The van der Waals surface area contributed by atoms with Crippen molar-refractivity contribution in [2.24, 2.45) is 0 Å². The summed E-state index contributed by atoms with van der Waals surface area (Å²) < 4.78 is 38.6. The van der Waals surface area contributed by atoms with Crippen LogP contribution in [-0.2, 0) is 67.4 Å². The summed E-state index contributed by atoms with van der Waals surface area (Å²) in [4.78, 5) is 16.2. The van der Waals surface area contributed by atoms with Gasteiger partial charge in [0.25, 0.3) is 0 Å². The number of hydrogen-bond acceptors (Lipinski definition) is 7. The second kappa shape index (κ2) is 21.7. The topological polar surface area (TPSA) is 51.6 Å². The summed E-state index contributed by atoms with van der Waals surface area (Å²) in [6.07, 6.45) is 6.59. The van der Waals surface area contributed by atoms with Crippen molar-refractivity contribution in [2.45, 2.75) is 14.9 Å². The van der Waals surface area contributed by atoms with Gasteiger partial charge in [0.1, 0.15) is 0 Å². The zero-order valence-electron chi connectivity index (χ0n) is 22.4. The molecule has 0 saturated heterocycles. The third-order valence-electron chi connectivity index (χ3n) is 4.86. The average molecular weight is 1000 g/mol. The second-order valence-corrected chi connectivity index (χ2v) is 9.20. The Morgan fingerprint density at radius 2 is 0.955 bits per heavy atom. The molecule has 0 atom stereocenters. The smallest absolute Gasteiger partial charge is 0.760 e. The summed E-state index contributed by atoms with van der Waals surface area (Å²) in [5.74, 6) is -1.62. The Balaban J connectivity index is 0.000000303. The van der Waals surface area contributed by atoms with E-state index in [4.69, 9.17) is 25.3 Å². The minimum absolute atomic E-state index is 0. The first-order valence-electron chi connectivity index (χ1n) is 12.1. The van der Waals surface area contributed by atoms with Crippen LogP contribution in [0.5, 0.6) is 0 Å². The number of benzene rings is 2. The van der Waals surface area contributed by atoms with Gasteiger partial charge in [0.15, 0.2) is 0 Å². The Bertz CT molecular complexity index is 1520. The van der Waals surface area contributed by atoms with Gasteiger partial charge in [0, 0.05) is 42.2 Å². The van der Waals surface area contributed by atoms with E-state index in [1.807, 2.05) is 42.5 Å². The Morgan fingerprint density at radius 1 is 0.545 bits per heavy atom. The summed E-state index contributed by atoms with van der Waals surface area (Å²) >= 11 is 13.6. The van der Waals surface area contributed by atoms with Crippen molar-refractivity contribution in [1.82, 2.24) is 19.9 Å². The van der Waals surface area contributed by atoms with Crippen LogP contribution in [0.4, 0.5) is 13.2 Å². The quantitative estimate of drug-likeness (QED) is 0.109. The van der Waals surface area contributed by atoms with Crippen LogP contribution in [-0.4, -0.2) is 19.9 Å². The third-order valence-corrected chi connectivity index (χ3v) is 5.70. The fraction of sp³-hybridized carbons (Fsp3) is 0. The first-order chi connectivity index (χ1) is 20.3. The van der Waals surface area contributed by atoms with E-state index in [0.29, 0.717) is 20.6 Å². The molecule has 12 heteroatoms. The maximum Gasteiger partial charge on any atom is 2.00 e. The molecule has 6 rings (SSSR count). The molecule has 0 spiro atoms. The molecule has 0 aliphatic carbocycles. The number of rotatable bonds is 2. The fourth-order valence-corrected chi connectivity index (χ4v) is 3.60. The van der Waals surface area contributed by atoms with Crippen LogP contribution in [0.25, 0.3) is 22.5 Å². The van der Waals surface area contributed by atoms with Gasteiger partial charge >= 0.3 is 42.1 Å². The van der Waals surface area contributed by atoms with Gasteiger partial charge in [-0.1, -0.05) is 81.2 Å². The molecule has 0 N–H and O–H groups in total. The van der Waals surface area contributed by atoms with Gasteiger partial charge in [-0.05, 0) is 35.7 Å². The first-order valence-corrected chi connectivity index (χ1v) is 13.4. The van der Waals surface area contributed by atoms with Gasteiger partial charge in [0.05, 0.1) is 0 Å². The van der Waals surface area contributed by atoms with Crippen molar-refractivity contribution in [2.75, 3.05) is 0 Å². The molecule has 0 aliphatic heterocycles. The summed E-state index contributed by atoms with van der Waals surface area (Å²) in [5.41, 5.74) is 2.10. The fourth-order valence-electron chi connectivity index (χ4n) is 3.02. The first kappa shape index (κ1) is 39.0. The Labute approximate surface area is 299 Å². The molecular weight excluding hydrogens is 984 g/mol. The maximum atomic E-state index is 13.2. The minimum Gasteiger partial charge on any atom is -0.760 e. The van der Waals surface area contributed by atoms with E-state index >= 15 is 0 Å². The molecule has 44 heavy (non-hydrogen) atoms. The summed E-state index contributed by atoms with van der Waals surface area (Å²) in [6, 6.07) is 31.5. The SMILES string of the molecule is Fc1c[c-]c(-c2ccccn2)c(F)c1.Fc1c[c-]c(-c2ccccn2)c(S)c1.[Pt+2].[Pt+2].[S-]c1ccccn1.[S-]c1ccccn1. The average Bonchev–Trinajstić information content (AvgIpc) is 3.00. The monoisotopic (exact) mass is 1000 g/mol. The minimum atomic E-state index is -0.649. The van der Waals surface area contributed by atoms with E-state index in [-0.39, 0.29) is 53.5 Å². The van der Waals surface area contributed by atoms with Crippen molar-refractivity contribution in [3.63, 3.8) is 0 Å². The van der Waals surface area contributed by atoms with Gasteiger partial charge < -0.3 is 35.2 Å².